The number of aliphatic carboxylic acids is 1. The third-order valence-corrected chi connectivity index (χ3v) is 2.37. The number of hydrogen-bond donors (Lipinski definition) is 2. The fourth-order valence-electron chi connectivity index (χ4n) is 1.37. The van der Waals surface area contributed by atoms with Crippen molar-refractivity contribution in [3.63, 3.8) is 0 Å². The zero-order chi connectivity index (χ0) is 11.4. The van der Waals surface area contributed by atoms with Gasteiger partial charge in [0, 0.05) is 26.1 Å². The average Bonchev–Trinajstić information content (AvgIpc) is 2.40. The Kier molecular flexibility index (Phi) is 3.65. The predicted octanol–water partition coefficient (Wildman–Crippen LogP) is -0.944. The summed E-state index contributed by atoms with van der Waals surface area (Å²) in [4.78, 5) is 34.6. The van der Waals surface area contributed by atoms with Crippen molar-refractivity contribution in [1.29, 1.82) is 0 Å². The van der Waals surface area contributed by atoms with Crippen LogP contribution in [0.3, 0.4) is 0 Å². The Bertz CT molecular complexity index is 290. The Morgan fingerprint density at radius 3 is 2.73 bits per heavy atom. The highest BCUT2D eigenvalue weighted by Gasteiger charge is 2.27. The lowest BCUT2D eigenvalue weighted by Crippen LogP contribution is -2.40. The third-order valence-electron chi connectivity index (χ3n) is 2.37. The van der Waals surface area contributed by atoms with Crippen molar-refractivity contribution in [1.82, 2.24) is 10.2 Å². The van der Waals surface area contributed by atoms with Crippen molar-refractivity contribution in [3.8, 4) is 0 Å². The van der Waals surface area contributed by atoms with Gasteiger partial charge >= 0.3 is 5.97 Å². The summed E-state index contributed by atoms with van der Waals surface area (Å²) in [6.45, 7) is 2.41. The monoisotopic (exact) mass is 214 g/mol. The summed E-state index contributed by atoms with van der Waals surface area (Å²) in [6.07, 6.45) is 0.234. The Labute approximate surface area is 87.2 Å². The summed E-state index contributed by atoms with van der Waals surface area (Å²) in [7, 11) is 0. The van der Waals surface area contributed by atoms with Gasteiger partial charge in [0.2, 0.25) is 11.8 Å². The maximum Gasteiger partial charge on any atom is 0.315 e. The number of nitrogens with one attached hydrogen (secondary N) is 1. The molecule has 0 spiro atoms. The van der Waals surface area contributed by atoms with Crippen molar-refractivity contribution in [2.75, 3.05) is 19.6 Å². The Morgan fingerprint density at radius 1 is 1.47 bits per heavy atom. The van der Waals surface area contributed by atoms with Crippen LogP contribution in [0.25, 0.3) is 0 Å². The van der Waals surface area contributed by atoms with Gasteiger partial charge in [-0.3, -0.25) is 14.4 Å². The van der Waals surface area contributed by atoms with Crippen LogP contribution < -0.4 is 5.32 Å². The summed E-state index contributed by atoms with van der Waals surface area (Å²) in [6, 6.07) is 0. The number of carbonyl (C=O) groups excluding carboxylic acids is 2. The summed E-state index contributed by atoms with van der Waals surface area (Å²) in [5.41, 5.74) is 0. The molecule has 84 valence electrons. The van der Waals surface area contributed by atoms with Gasteiger partial charge in [0.05, 0.1) is 0 Å². The highest BCUT2D eigenvalue weighted by atomic mass is 16.4. The van der Waals surface area contributed by atoms with E-state index in [-0.39, 0.29) is 12.3 Å². The van der Waals surface area contributed by atoms with Crippen molar-refractivity contribution in [2.24, 2.45) is 5.92 Å². The molecule has 15 heavy (non-hydrogen) atoms. The van der Waals surface area contributed by atoms with Gasteiger partial charge in [0.15, 0.2) is 0 Å². The first kappa shape index (κ1) is 11.5. The number of carbonyl (C=O) groups is 3. The molecule has 0 aromatic carbocycles. The molecule has 1 rings (SSSR count). The molecule has 1 heterocycles. The van der Waals surface area contributed by atoms with E-state index in [1.165, 1.54) is 11.8 Å². The average molecular weight is 214 g/mol. The van der Waals surface area contributed by atoms with Gasteiger partial charge in [-0.2, -0.15) is 0 Å². The van der Waals surface area contributed by atoms with Gasteiger partial charge in [0.25, 0.3) is 0 Å². The second-order valence-electron chi connectivity index (χ2n) is 3.49. The Balaban J connectivity index is 2.59. The first-order chi connectivity index (χ1) is 7.02. The minimum atomic E-state index is -1.14. The van der Waals surface area contributed by atoms with Gasteiger partial charge < -0.3 is 15.3 Å². The van der Waals surface area contributed by atoms with E-state index in [2.05, 4.69) is 5.32 Å². The van der Waals surface area contributed by atoms with Crippen LogP contribution in [0.5, 0.6) is 0 Å². The summed E-state index contributed by atoms with van der Waals surface area (Å²) in [5, 5.41) is 11.3. The summed E-state index contributed by atoms with van der Waals surface area (Å²) in [5.74, 6) is -2.71. The smallest absolute Gasteiger partial charge is 0.315 e. The first-order valence-electron chi connectivity index (χ1n) is 4.80. The highest BCUT2D eigenvalue weighted by Crippen LogP contribution is 2.05. The van der Waals surface area contributed by atoms with E-state index >= 15 is 0 Å². The van der Waals surface area contributed by atoms with E-state index in [0.717, 1.165) is 0 Å². The van der Waals surface area contributed by atoms with Crippen molar-refractivity contribution in [3.05, 3.63) is 0 Å². The largest absolute Gasteiger partial charge is 0.481 e. The van der Waals surface area contributed by atoms with Crippen LogP contribution in [0.4, 0.5) is 0 Å². The van der Waals surface area contributed by atoms with Gasteiger partial charge in [-0.05, 0) is 6.92 Å². The molecule has 0 saturated carbocycles. The topological polar surface area (TPSA) is 86.7 Å². The quantitative estimate of drug-likeness (QED) is 0.580. The fourth-order valence-corrected chi connectivity index (χ4v) is 1.37. The minimum Gasteiger partial charge on any atom is -0.481 e. The molecule has 1 aliphatic rings. The number of carboxylic acids is 1. The van der Waals surface area contributed by atoms with Crippen molar-refractivity contribution >= 4 is 17.8 Å². The van der Waals surface area contributed by atoms with E-state index < -0.39 is 17.8 Å². The van der Waals surface area contributed by atoms with E-state index in [9.17, 15) is 14.4 Å². The SMILES string of the molecule is CC(C(=O)O)C(=O)N1CCNC(=O)CC1. The number of rotatable bonds is 2. The lowest BCUT2D eigenvalue weighted by atomic mass is 10.1. The van der Waals surface area contributed by atoms with Crippen LogP contribution in [0.15, 0.2) is 0 Å². The zero-order valence-corrected chi connectivity index (χ0v) is 8.52. The van der Waals surface area contributed by atoms with Crippen LogP contribution >= 0.6 is 0 Å². The van der Waals surface area contributed by atoms with Crippen LogP contribution in [-0.2, 0) is 14.4 Å². The van der Waals surface area contributed by atoms with E-state index in [0.29, 0.717) is 19.6 Å². The molecule has 6 nitrogen and oxygen atoms in total. The highest BCUT2D eigenvalue weighted by molar-refractivity contribution is 5.96. The molecule has 0 radical (unpaired) electrons. The minimum absolute atomic E-state index is 0.103. The molecule has 1 fully saturated rings. The predicted molar refractivity (Wildman–Crippen MR) is 51.0 cm³/mol. The standard InChI is InChI=1S/C9H14N2O4/c1-6(9(14)15)8(13)11-4-2-7(12)10-3-5-11/h6H,2-5H2,1H3,(H,10,12)(H,14,15). The number of nitrogens with zero attached hydrogens (tertiary/aromatic N) is 1. The van der Waals surface area contributed by atoms with Gasteiger partial charge in [0.1, 0.15) is 5.92 Å². The van der Waals surface area contributed by atoms with Crippen LogP contribution in [0, 0.1) is 5.92 Å². The first-order valence-corrected chi connectivity index (χ1v) is 4.80. The third kappa shape index (κ3) is 2.93. The Morgan fingerprint density at radius 2 is 2.13 bits per heavy atom. The molecule has 1 atom stereocenters. The molecule has 1 saturated heterocycles. The summed E-state index contributed by atoms with van der Waals surface area (Å²) >= 11 is 0. The van der Waals surface area contributed by atoms with Crippen molar-refractivity contribution < 1.29 is 19.5 Å². The molecular formula is C9H14N2O4. The van der Waals surface area contributed by atoms with Crippen molar-refractivity contribution in [2.45, 2.75) is 13.3 Å². The van der Waals surface area contributed by atoms with E-state index in [4.69, 9.17) is 5.11 Å². The summed E-state index contributed by atoms with van der Waals surface area (Å²) < 4.78 is 0. The lowest BCUT2D eigenvalue weighted by molar-refractivity contribution is -0.150. The van der Waals surface area contributed by atoms with E-state index in [1.54, 1.807) is 0 Å². The molecule has 0 aromatic heterocycles. The molecule has 6 heteroatoms. The van der Waals surface area contributed by atoms with Gasteiger partial charge in [-0.25, -0.2) is 0 Å². The molecule has 0 bridgehead atoms. The molecule has 2 N–H and O–H groups in total. The van der Waals surface area contributed by atoms with Crippen LogP contribution in [0.1, 0.15) is 13.3 Å². The normalized spacial score (nSPS) is 19.0. The van der Waals surface area contributed by atoms with Gasteiger partial charge in [-0.15, -0.1) is 0 Å². The second-order valence-corrected chi connectivity index (χ2v) is 3.49. The fraction of sp³-hybridized carbons (Fsp3) is 0.667. The number of hydrogen-bond acceptors (Lipinski definition) is 3. The number of carboxylic acid groups (broad SMARTS) is 1. The van der Waals surface area contributed by atoms with Crippen LogP contribution in [0.2, 0.25) is 0 Å². The molecule has 2 amide bonds. The Hall–Kier alpha value is -1.59. The molecule has 0 aliphatic carbocycles. The number of amides is 2. The molecule has 1 unspecified atom stereocenters. The second kappa shape index (κ2) is 4.77. The molecular weight excluding hydrogens is 200 g/mol. The van der Waals surface area contributed by atoms with E-state index in [1.807, 2.05) is 0 Å². The van der Waals surface area contributed by atoms with Crippen LogP contribution in [-0.4, -0.2) is 47.4 Å². The molecule has 1 aliphatic heterocycles. The molecule has 0 aromatic rings. The lowest BCUT2D eigenvalue weighted by Gasteiger charge is -2.21. The zero-order valence-electron chi connectivity index (χ0n) is 8.52. The maximum absolute atomic E-state index is 11.6. The van der Waals surface area contributed by atoms with Gasteiger partial charge in [-0.1, -0.05) is 0 Å². The maximum atomic E-state index is 11.6.